The van der Waals surface area contributed by atoms with Gasteiger partial charge in [0.15, 0.2) is 0 Å². The quantitative estimate of drug-likeness (QED) is 0.610. The minimum absolute atomic E-state index is 0.632. The van der Waals surface area contributed by atoms with Crippen molar-refractivity contribution in [3.05, 3.63) is 101 Å². The second-order valence-electron chi connectivity index (χ2n) is 6.18. The normalized spacial score (nSPS) is 9.22. The van der Waals surface area contributed by atoms with Gasteiger partial charge in [0.25, 0.3) is 0 Å². The highest BCUT2D eigenvalue weighted by Gasteiger charge is 1.97. The maximum Gasteiger partial charge on any atom is 0.0991 e. The Labute approximate surface area is 160 Å². The SMILES string of the molecule is CN(C)c1ccc(C#Cc2ccccc2C#Cc2ccc(C#N)cc2)cc1. The number of nitriles is 1. The predicted molar refractivity (Wildman–Crippen MR) is 110 cm³/mol. The van der Waals surface area contributed by atoms with Crippen molar-refractivity contribution in [3.63, 3.8) is 0 Å². The van der Waals surface area contributed by atoms with E-state index in [1.807, 2.05) is 62.6 Å². The summed E-state index contributed by atoms with van der Waals surface area (Å²) < 4.78 is 0. The first-order valence-corrected chi connectivity index (χ1v) is 8.56. The van der Waals surface area contributed by atoms with Crippen molar-refractivity contribution in [1.82, 2.24) is 0 Å². The van der Waals surface area contributed by atoms with Crippen LogP contribution in [0.3, 0.4) is 0 Å². The lowest BCUT2D eigenvalue weighted by Gasteiger charge is -2.11. The fourth-order valence-electron chi connectivity index (χ4n) is 2.45. The Morgan fingerprint density at radius 1 is 0.593 bits per heavy atom. The first kappa shape index (κ1) is 17.9. The van der Waals surface area contributed by atoms with Crippen molar-refractivity contribution in [2.75, 3.05) is 19.0 Å². The van der Waals surface area contributed by atoms with Crippen LogP contribution in [0.5, 0.6) is 0 Å². The molecule has 128 valence electrons. The number of anilines is 1. The molecule has 0 radical (unpaired) electrons. The Bertz CT molecular complexity index is 1090. The lowest BCUT2D eigenvalue weighted by molar-refractivity contribution is 1.13. The molecular weight excluding hydrogens is 328 g/mol. The molecule has 0 saturated carbocycles. The van der Waals surface area contributed by atoms with Gasteiger partial charge in [-0.3, -0.25) is 0 Å². The summed E-state index contributed by atoms with van der Waals surface area (Å²) in [6.07, 6.45) is 0. The Morgan fingerprint density at radius 3 is 1.48 bits per heavy atom. The van der Waals surface area contributed by atoms with Gasteiger partial charge in [-0.1, -0.05) is 35.8 Å². The summed E-state index contributed by atoms with van der Waals surface area (Å²) in [5.41, 5.74) is 5.41. The molecule has 0 bridgehead atoms. The van der Waals surface area contributed by atoms with Gasteiger partial charge in [0.05, 0.1) is 11.6 Å². The van der Waals surface area contributed by atoms with Crippen LogP contribution in [0.2, 0.25) is 0 Å². The van der Waals surface area contributed by atoms with Crippen LogP contribution in [0.25, 0.3) is 0 Å². The molecule has 0 N–H and O–H groups in total. The summed E-state index contributed by atoms with van der Waals surface area (Å²) in [7, 11) is 4.03. The van der Waals surface area contributed by atoms with Gasteiger partial charge < -0.3 is 4.90 Å². The highest BCUT2D eigenvalue weighted by Crippen LogP contribution is 2.12. The van der Waals surface area contributed by atoms with Crippen LogP contribution in [-0.2, 0) is 0 Å². The fraction of sp³-hybridized carbons (Fsp3) is 0.0800. The molecule has 3 aromatic carbocycles. The zero-order valence-corrected chi connectivity index (χ0v) is 15.3. The molecule has 27 heavy (non-hydrogen) atoms. The van der Waals surface area contributed by atoms with Gasteiger partial charge in [0, 0.05) is 42.0 Å². The molecule has 0 saturated heterocycles. The van der Waals surface area contributed by atoms with Gasteiger partial charge in [0.2, 0.25) is 0 Å². The summed E-state index contributed by atoms with van der Waals surface area (Å²) in [6, 6.07) is 25.4. The third-order valence-electron chi connectivity index (χ3n) is 4.01. The zero-order valence-electron chi connectivity index (χ0n) is 15.3. The molecule has 3 rings (SSSR count). The van der Waals surface area contributed by atoms with E-state index in [-0.39, 0.29) is 0 Å². The molecule has 0 fully saturated rings. The van der Waals surface area contributed by atoms with E-state index in [9.17, 15) is 0 Å². The lowest BCUT2D eigenvalue weighted by Crippen LogP contribution is -2.07. The Hall–Kier alpha value is -3.93. The molecule has 0 atom stereocenters. The van der Waals surface area contributed by atoms with Gasteiger partial charge in [-0.2, -0.15) is 5.26 Å². The van der Waals surface area contributed by atoms with E-state index in [0.717, 1.165) is 27.9 Å². The van der Waals surface area contributed by atoms with Gasteiger partial charge >= 0.3 is 0 Å². The van der Waals surface area contributed by atoms with Crippen LogP contribution < -0.4 is 4.90 Å². The Morgan fingerprint density at radius 2 is 1.04 bits per heavy atom. The molecule has 0 aliphatic rings. The molecule has 0 unspecified atom stereocenters. The second-order valence-corrected chi connectivity index (χ2v) is 6.18. The van der Waals surface area contributed by atoms with E-state index >= 15 is 0 Å². The highest BCUT2D eigenvalue weighted by atomic mass is 15.1. The predicted octanol–water partition coefficient (Wildman–Crippen LogP) is 4.42. The molecule has 0 aromatic heterocycles. The summed E-state index contributed by atoms with van der Waals surface area (Å²) in [5.74, 6) is 12.8. The van der Waals surface area contributed by atoms with Crippen molar-refractivity contribution in [2.45, 2.75) is 0 Å². The maximum atomic E-state index is 8.86. The number of hydrogen-bond acceptors (Lipinski definition) is 2. The van der Waals surface area contributed by atoms with Gasteiger partial charge in [0.1, 0.15) is 0 Å². The van der Waals surface area contributed by atoms with E-state index in [1.165, 1.54) is 0 Å². The standard InChI is InChI=1S/C25H18N2/c1-27(2)25-17-13-21(14-18-25)12-16-24-6-4-3-5-23(24)15-11-20-7-9-22(19-26)10-8-20/h3-10,13-14,17-18H,1-2H3. The molecule has 2 nitrogen and oxygen atoms in total. The van der Waals surface area contributed by atoms with Crippen LogP contribution in [0.1, 0.15) is 27.8 Å². The monoisotopic (exact) mass is 346 g/mol. The van der Waals surface area contributed by atoms with Crippen LogP contribution in [0, 0.1) is 35.0 Å². The fourth-order valence-corrected chi connectivity index (χ4v) is 2.45. The smallest absolute Gasteiger partial charge is 0.0991 e. The van der Waals surface area contributed by atoms with Crippen molar-refractivity contribution in [1.29, 1.82) is 5.26 Å². The van der Waals surface area contributed by atoms with Gasteiger partial charge in [-0.25, -0.2) is 0 Å². The van der Waals surface area contributed by atoms with E-state index < -0.39 is 0 Å². The summed E-state index contributed by atoms with van der Waals surface area (Å²) in [6.45, 7) is 0. The average Bonchev–Trinajstić information content (AvgIpc) is 2.72. The molecule has 0 heterocycles. The van der Waals surface area contributed by atoms with Gasteiger partial charge in [-0.05, 0) is 60.7 Å². The number of benzene rings is 3. The van der Waals surface area contributed by atoms with Crippen molar-refractivity contribution < 1.29 is 0 Å². The lowest BCUT2D eigenvalue weighted by atomic mass is 10.1. The minimum Gasteiger partial charge on any atom is -0.378 e. The summed E-state index contributed by atoms with van der Waals surface area (Å²) in [4.78, 5) is 2.06. The first-order chi connectivity index (χ1) is 13.2. The summed E-state index contributed by atoms with van der Waals surface area (Å²) >= 11 is 0. The molecular formula is C25H18N2. The van der Waals surface area contributed by atoms with Gasteiger partial charge in [-0.15, -0.1) is 0 Å². The minimum atomic E-state index is 0.632. The Kier molecular flexibility index (Phi) is 5.59. The third kappa shape index (κ3) is 4.79. The van der Waals surface area contributed by atoms with Crippen LogP contribution in [-0.4, -0.2) is 14.1 Å². The zero-order chi connectivity index (χ0) is 19.1. The van der Waals surface area contributed by atoms with E-state index in [0.29, 0.717) is 5.56 Å². The topological polar surface area (TPSA) is 27.0 Å². The third-order valence-corrected chi connectivity index (χ3v) is 4.01. The van der Waals surface area contributed by atoms with Crippen molar-refractivity contribution in [3.8, 4) is 29.8 Å². The first-order valence-electron chi connectivity index (χ1n) is 8.56. The van der Waals surface area contributed by atoms with Crippen LogP contribution in [0.15, 0.2) is 72.8 Å². The highest BCUT2D eigenvalue weighted by molar-refractivity contribution is 5.56. The van der Waals surface area contributed by atoms with E-state index in [2.05, 4.69) is 46.8 Å². The molecule has 0 aliphatic heterocycles. The Balaban J connectivity index is 1.85. The van der Waals surface area contributed by atoms with E-state index in [1.54, 1.807) is 12.1 Å². The average molecular weight is 346 g/mol. The van der Waals surface area contributed by atoms with Crippen LogP contribution >= 0.6 is 0 Å². The molecule has 0 amide bonds. The van der Waals surface area contributed by atoms with Crippen molar-refractivity contribution >= 4 is 5.69 Å². The number of nitrogens with zero attached hydrogens (tertiary/aromatic N) is 2. The number of rotatable bonds is 1. The maximum absolute atomic E-state index is 8.86. The molecule has 2 heteroatoms. The molecule has 3 aromatic rings. The summed E-state index contributed by atoms with van der Waals surface area (Å²) in [5, 5.41) is 8.86. The molecule has 0 spiro atoms. The second kappa shape index (κ2) is 8.44. The largest absolute Gasteiger partial charge is 0.378 e. The number of hydrogen-bond donors (Lipinski definition) is 0. The van der Waals surface area contributed by atoms with Crippen molar-refractivity contribution in [2.24, 2.45) is 0 Å². The molecule has 0 aliphatic carbocycles. The van der Waals surface area contributed by atoms with Crippen LogP contribution in [0.4, 0.5) is 5.69 Å². The van der Waals surface area contributed by atoms with E-state index in [4.69, 9.17) is 5.26 Å².